The zero-order valence-electron chi connectivity index (χ0n) is 29.3. The smallest absolute Gasteiger partial charge is 0.310 e. The number of aliphatic hydroxyl groups is 2. The molecule has 3 fully saturated rings. The number of hydrogen-bond donors (Lipinski definition) is 3. The number of phenolic OH excluding ortho intramolecular Hbond substituents is 1. The van der Waals surface area contributed by atoms with E-state index in [0.717, 1.165) is 0 Å². The Morgan fingerprint density at radius 2 is 1.72 bits per heavy atom. The van der Waals surface area contributed by atoms with Crippen molar-refractivity contribution in [2.75, 3.05) is 34.1 Å². The first-order valence-electron chi connectivity index (χ1n) is 16.9. The molecule has 5 aliphatic rings. The van der Waals surface area contributed by atoms with Crippen molar-refractivity contribution < 1.29 is 69.6 Å². The molecule has 0 amide bonds. The monoisotopic (exact) mass is 661 g/mol. The van der Waals surface area contributed by atoms with Crippen molar-refractivity contribution in [1.82, 2.24) is 0 Å². The van der Waals surface area contributed by atoms with Gasteiger partial charge in [0, 0.05) is 13.2 Å². The summed E-state index contributed by atoms with van der Waals surface area (Å²) < 4.78 is 96.1. The molecular formula is C32H32O13S. The van der Waals surface area contributed by atoms with Gasteiger partial charge in [0.15, 0.2) is 35.6 Å². The number of carbonyl (C=O) groups is 1. The molecule has 1 aliphatic carbocycles. The van der Waals surface area contributed by atoms with Gasteiger partial charge in [-0.05, 0) is 52.4 Å². The van der Waals surface area contributed by atoms with Crippen LogP contribution in [0.15, 0.2) is 41.8 Å². The average Bonchev–Trinajstić information content (AvgIpc) is 3.84. The van der Waals surface area contributed by atoms with Crippen LogP contribution in [0.3, 0.4) is 0 Å². The van der Waals surface area contributed by atoms with E-state index in [1.165, 1.54) is 49.8 Å². The molecule has 4 aliphatic heterocycles. The Bertz CT molecular complexity index is 1840. The molecule has 3 saturated heterocycles. The second kappa shape index (κ2) is 11.6. The lowest BCUT2D eigenvalue weighted by Gasteiger charge is -2.48. The molecule has 10 atom stereocenters. The molecule has 2 aromatic carbocycles. The molecule has 0 bridgehead atoms. The van der Waals surface area contributed by atoms with Gasteiger partial charge in [-0.25, -0.2) is 0 Å². The van der Waals surface area contributed by atoms with E-state index in [9.17, 15) is 21.5 Å². The normalized spacial score (nSPS) is 39.7. The van der Waals surface area contributed by atoms with E-state index in [2.05, 4.69) is 0 Å². The Morgan fingerprint density at radius 1 is 0.978 bits per heavy atom. The number of aromatic hydroxyl groups is 1. The molecular weight excluding hydrogens is 624 g/mol. The summed E-state index contributed by atoms with van der Waals surface area (Å²) in [7, 11) is 2.58. The fourth-order valence-electron chi connectivity index (χ4n) is 6.46. The second-order valence-electron chi connectivity index (χ2n) is 11.1. The fourth-order valence-corrected chi connectivity index (χ4v) is 7.14. The van der Waals surface area contributed by atoms with E-state index >= 15 is 0 Å². The van der Waals surface area contributed by atoms with Crippen LogP contribution in [-0.2, 0) is 28.5 Å². The van der Waals surface area contributed by atoms with Crippen LogP contribution < -0.4 is 18.9 Å². The predicted octanol–water partition coefficient (Wildman–Crippen LogP) is 2.75. The number of hydrogen-bond acceptors (Lipinski definition) is 14. The van der Waals surface area contributed by atoms with Gasteiger partial charge in [-0.1, -0.05) is 6.07 Å². The minimum absolute atomic E-state index is 0.0643. The average molecular weight is 662 g/mol. The first kappa shape index (κ1) is 24.5. The Balaban J connectivity index is 1.24. The number of esters is 1. The number of ether oxygens (including phenoxy) is 9. The number of phenols is 1. The predicted molar refractivity (Wildman–Crippen MR) is 156 cm³/mol. The quantitative estimate of drug-likeness (QED) is 0.331. The third-order valence-corrected chi connectivity index (χ3v) is 9.54. The lowest BCUT2D eigenvalue weighted by atomic mass is 9.66. The summed E-state index contributed by atoms with van der Waals surface area (Å²) >= 11 is 1.25. The Hall–Kier alpha value is -3.63. The number of fused-ring (bicyclic) bond motifs is 4. The van der Waals surface area contributed by atoms with Crippen LogP contribution in [0.4, 0.5) is 0 Å². The zero-order chi connectivity index (χ0) is 36.2. The minimum atomic E-state index is -2.77. The van der Waals surface area contributed by atoms with Gasteiger partial charge in [0.1, 0.15) is 24.4 Å². The molecule has 244 valence electrons. The summed E-state index contributed by atoms with van der Waals surface area (Å²) in [6, 6.07) is 8.97. The van der Waals surface area contributed by atoms with Crippen molar-refractivity contribution in [2.24, 2.45) is 11.8 Å². The maximum atomic E-state index is 13.8. The highest BCUT2D eigenvalue weighted by Gasteiger charge is 2.56. The van der Waals surface area contributed by atoms with Gasteiger partial charge in [0.25, 0.3) is 0 Å². The Kier molecular flexibility index (Phi) is 6.16. The largest absolute Gasteiger partial charge is 0.502 e. The molecule has 1 aromatic heterocycles. The number of aliphatic hydroxyl groups excluding tert-OH is 2. The highest BCUT2D eigenvalue weighted by molar-refractivity contribution is 7.10. The van der Waals surface area contributed by atoms with E-state index in [4.69, 9.17) is 48.1 Å². The van der Waals surface area contributed by atoms with Gasteiger partial charge >= 0.3 is 5.97 Å². The maximum absolute atomic E-state index is 13.8. The SMILES string of the molecule is [2H]C1([2H])OC(=O)[C@H]2[C@H]1[C@H](O[C@@H]1O[C@H]3[C@@H](O[C@H](c4cccs4)OC3([2H])[2H])[C@H](O)C1O)c1cc3c(cc1[C@@]2([2H])c1cc(OC)c(O)c(OC)c1)OCO3. The van der Waals surface area contributed by atoms with Gasteiger partial charge in [0.05, 0.1) is 49.7 Å². The van der Waals surface area contributed by atoms with Crippen molar-refractivity contribution in [2.45, 2.75) is 49.0 Å². The number of benzene rings is 2. The van der Waals surface area contributed by atoms with Gasteiger partial charge in [0.2, 0.25) is 12.5 Å². The highest BCUT2D eigenvalue weighted by atomic mass is 32.1. The van der Waals surface area contributed by atoms with Crippen LogP contribution in [-0.4, -0.2) is 86.1 Å². The standard InChI is InChI=1S/C32H32O13S/c1-37-19-6-13(7-20(38-2)25(19)33)23-14-8-17-18(42-12-41-17)9-15(14)28(16-10-39-30(36)24(16)23)44-32-27(35)26(34)29-21(43-32)11-40-31(45-29)22-4-3-5-46-22/h3-9,16,21,23-24,26-29,31-35H,10-12H2,1-2H3/t16-,21+,23+,24-,26+,27?,28+,29+,31+,32-/m0/s1/i10D2,11D2,23D. The molecule has 14 heteroatoms. The van der Waals surface area contributed by atoms with E-state index in [1.54, 1.807) is 17.5 Å². The summed E-state index contributed by atoms with van der Waals surface area (Å²) in [5, 5.41) is 35.1. The third-order valence-electron chi connectivity index (χ3n) is 8.65. The van der Waals surface area contributed by atoms with E-state index in [-0.39, 0.29) is 52.2 Å². The number of thiophene rings is 1. The number of carbonyl (C=O) groups excluding carboxylic acids is 1. The highest BCUT2D eigenvalue weighted by Crippen LogP contribution is 2.57. The van der Waals surface area contributed by atoms with Crippen molar-refractivity contribution in [3.63, 3.8) is 0 Å². The van der Waals surface area contributed by atoms with Crippen molar-refractivity contribution in [3.8, 4) is 28.7 Å². The summed E-state index contributed by atoms with van der Waals surface area (Å²) in [6.45, 7) is -5.50. The van der Waals surface area contributed by atoms with Gasteiger partial charge in [-0.2, -0.15) is 0 Å². The summed E-state index contributed by atoms with van der Waals surface area (Å²) in [5.41, 5.74) is 0.270. The van der Waals surface area contributed by atoms with Crippen LogP contribution in [0.1, 0.15) is 46.7 Å². The molecule has 3 aromatic rings. The molecule has 46 heavy (non-hydrogen) atoms. The summed E-state index contributed by atoms with van der Waals surface area (Å²) in [4.78, 5) is 14.3. The van der Waals surface area contributed by atoms with E-state index in [1.807, 2.05) is 0 Å². The van der Waals surface area contributed by atoms with Crippen LogP contribution in [0, 0.1) is 11.8 Å². The lowest BCUT2D eigenvalue weighted by Crippen LogP contribution is -2.62. The number of methoxy groups -OCH3 is 2. The summed E-state index contributed by atoms with van der Waals surface area (Å²) in [5.74, 6) is -6.60. The van der Waals surface area contributed by atoms with Crippen LogP contribution in [0.5, 0.6) is 28.7 Å². The van der Waals surface area contributed by atoms with Crippen molar-refractivity contribution in [1.29, 1.82) is 0 Å². The van der Waals surface area contributed by atoms with Gasteiger partial charge in [-0.3, -0.25) is 4.79 Å². The Labute approximate surface area is 274 Å². The summed E-state index contributed by atoms with van der Waals surface area (Å²) in [6.07, 6.45) is -11.2. The molecule has 5 heterocycles. The minimum Gasteiger partial charge on any atom is -0.502 e. The van der Waals surface area contributed by atoms with E-state index in [0.29, 0.717) is 4.88 Å². The zero-order valence-corrected chi connectivity index (χ0v) is 25.1. The maximum Gasteiger partial charge on any atom is 0.310 e. The Morgan fingerprint density at radius 3 is 2.41 bits per heavy atom. The molecule has 0 spiro atoms. The van der Waals surface area contributed by atoms with Crippen molar-refractivity contribution >= 4 is 17.3 Å². The number of rotatable bonds is 6. The van der Waals surface area contributed by atoms with Crippen molar-refractivity contribution in [3.05, 3.63) is 63.3 Å². The number of cyclic esters (lactones) is 1. The topological polar surface area (TPSA) is 161 Å². The molecule has 0 radical (unpaired) electrons. The van der Waals surface area contributed by atoms with Gasteiger partial charge < -0.3 is 58.0 Å². The van der Waals surface area contributed by atoms with Gasteiger partial charge in [-0.15, -0.1) is 11.3 Å². The van der Waals surface area contributed by atoms with E-state index < -0.39 is 79.9 Å². The fraction of sp³-hybridized carbons (Fsp3) is 0.469. The van der Waals surface area contributed by atoms with Crippen LogP contribution in [0.2, 0.25) is 0 Å². The van der Waals surface area contributed by atoms with Crippen LogP contribution in [0.25, 0.3) is 0 Å². The molecule has 0 saturated carbocycles. The lowest BCUT2D eigenvalue weighted by molar-refractivity contribution is -0.368. The van der Waals surface area contributed by atoms with Crippen LogP contribution >= 0.6 is 11.3 Å². The first-order valence-corrected chi connectivity index (χ1v) is 15.2. The second-order valence-corrected chi connectivity index (χ2v) is 12.1. The molecule has 1 unspecified atom stereocenters. The molecule has 3 N–H and O–H groups in total. The molecule has 13 nitrogen and oxygen atoms in total. The first-order chi connectivity index (χ1) is 24.2. The molecule has 8 rings (SSSR count). The third kappa shape index (κ3) is 4.70.